The van der Waals surface area contributed by atoms with Gasteiger partial charge in [0, 0.05) is 32.1 Å². The Hall–Kier alpha value is -1.84. The second-order valence-corrected chi connectivity index (χ2v) is 8.52. The van der Waals surface area contributed by atoms with Crippen molar-refractivity contribution in [1.29, 1.82) is 0 Å². The van der Waals surface area contributed by atoms with Gasteiger partial charge in [-0.2, -0.15) is 0 Å². The fourth-order valence-electron chi connectivity index (χ4n) is 5.21. The van der Waals surface area contributed by atoms with E-state index >= 15 is 0 Å². The SMILES string of the molecule is C=C1C2(C(=O)N3CCC(Oc4cccnc4)CC3)CCC(C2)C1(C)C. The molecule has 1 aliphatic heterocycles. The third kappa shape index (κ3) is 2.57. The quantitative estimate of drug-likeness (QED) is 0.785. The third-order valence-corrected chi connectivity index (χ3v) is 6.97. The van der Waals surface area contributed by atoms with Crippen molar-refractivity contribution in [2.75, 3.05) is 13.1 Å². The lowest BCUT2D eigenvalue weighted by atomic mass is 9.68. The van der Waals surface area contributed by atoms with Crippen molar-refractivity contribution in [2.45, 2.75) is 52.1 Å². The number of hydrogen-bond acceptors (Lipinski definition) is 3. The van der Waals surface area contributed by atoms with Crippen LogP contribution in [0.25, 0.3) is 0 Å². The van der Waals surface area contributed by atoms with Crippen molar-refractivity contribution in [3.05, 3.63) is 36.7 Å². The average Bonchev–Trinajstić information content (AvgIpc) is 3.15. The van der Waals surface area contributed by atoms with Gasteiger partial charge in [0.15, 0.2) is 0 Å². The predicted octanol–water partition coefficient (Wildman–Crippen LogP) is 3.83. The molecular formula is C21H28N2O2. The highest BCUT2D eigenvalue weighted by Crippen LogP contribution is 2.66. The smallest absolute Gasteiger partial charge is 0.232 e. The van der Waals surface area contributed by atoms with Crippen molar-refractivity contribution in [3.63, 3.8) is 0 Å². The molecule has 0 aromatic carbocycles. The zero-order chi connectivity index (χ0) is 17.7. The fourth-order valence-corrected chi connectivity index (χ4v) is 5.21. The Balaban J connectivity index is 1.40. The molecule has 2 bridgehead atoms. The second-order valence-electron chi connectivity index (χ2n) is 8.52. The number of amides is 1. The average molecular weight is 340 g/mol. The molecule has 1 aromatic heterocycles. The second kappa shape index (κ2) is 5.86. The maximum absolute atomic E-state index is 13.4. The van der Waals surface area contributed by atoms with Gasteiger partial charge in [-0.15, -0.1) is 0 Å². The summed E-state index contributed by atoms with van der Waals surface area (Å²) in [7, 11) is 0. The van der Waals surface area contributed by atoms with Crippen LogP contribution in [0.2, 0.25) is 0 Å². The van der Waals surface area contributed by atoms with Crippen LogP contribution >= 0.6 is 0 Å². The van der Waals surface area contributed by atoms with Gasteiger partial charge in [0.25, 0.3) is 0 Å². The van der Waals surface area contributed by atoms with Gasteiger partial charge in [0.1, 0.15) is 11.9 Å². The molecule has 1 amide bonds. The summed E-state index contributed by atoms with van der Waals surface area (Å²) in [5.74, 6) is 1.76. The van der Waals surface area contributed by atoms with Crippen LogP contribution in [-0.4, -0.2) is 35.0 Å². The summed E-state index contributed by atoms with van der Waals surface area (Å²) in [6, 6.07) is 3.82. The van der Waals surface area contributed by atoms with Crippen molar-refractivity contribution in [2.24, 2.45) is 16.7 Å². The van der Waals surface area contributed by atoms with E-state index in [4.69, 9.17) is 4.74 Å². The summed E-state index contributed by atoms with van der Waals surface area (Å²) in [5, 5.41) is 0. The van der Waals surface area contributed by atoms with E-state index in [0.717, 1.165) is 44.5 Å². The largest absolute Gasteiger partial charge is 0.489 e. The molecule has 134 valence electrons. The highest BCUT2D eigenvalue weighted by Gasteiger charge is 2.61. The van der Waals surface area contributed by atoms with Crippen molar-refractivity contribution in [1.82, 2.24) is 9.88 Å². The zero-order valence-electron chi connectivity index (χ0n) is 15.3. The summed E-state index contributed by atoms with van der Waals surface area (Å²) in [4.78, 5) is 19.5. The molecule has 4 rings (SSSR count). The number of carbonyl (C=O) groups is 1. The van der Waals surface area contributed by atoms with Crippen molar-refractivity contribution in [3.8, 4) is 5.75 Å². The molecule has 0 radical (unpaired) electrons. The van der Waals surface area contributed by atoms with Crippen LogP contribution in [0.4, 0.5) is 0 Å². The van der Waals surface area contributed by atoms with Crippen LogP contribution in [0.15, 0.2) is 36.7 Å². The minimum Gasteiger partial charge on any atom is -0.489 e. The summed E-state index contributed by atoms with van der Waals surface area (Å²) in [6.07, 6.45) is 8.60. The normalized spacial score (nSPS) is 31.4. The van der Waals surface area contributed by atoms with Gasteiger partial charge in [0.2, 0.25) is 5.91 Å². The Morgan fingerprint density at radius 1 is 1.32 bits per heavy atom. The van der Waals surface area contributed by atoms with E-state index < -0.39 is 0 Å². The summed E-state index contributed by atoms with van der Waals surface area (Å²) >= 11 is 0. The number of fused-ring (bicyclic) bond motifs is 2. The molecule has 2 heterocycles. The lowest BCUT2D eigenvalue weighted by Gasteiger charge is -2.41. The molecule has 2 unspecified atom stereocenters. The Labute approximate surface area is 150 Å². The first-order chi connectivity index (χ1) is 11.9. The van der Waals surface area contributed by atoms with Crippen LogP contribution in [0, 0.1) is 16.7 Å². The highest BCUT2D eigenvalue weighted by molar-refractivity contribution is 5.87. The third-order valence-electron chi connectivity index (χ3n) is 6.97. The Morgan fingerprint density at radius 2 is 2.08 bits per heavy atom. The van der Waals surface area contributed by atoms with Crippen LogP contribution in [0.1, 0.15) is 46.0 Å². The summed E-state index contributed by atoms with van der Waals surface area (Å²) in [5.41, 5.74) is 0.996. The van der Waals surface area contributed by atoms with Gasteiger partial charge in [-0.25, -0.2) is 0 Å². The number of likely N-dealkylation sites (tertiary alicyclic amines) is 1. The number of ether oxygens (including phenoxy) is 1. The molecule has 4 nitrogen and oxygen atoms in total. The molecule has 0 N–H and O–H groups in total. The number of carbonyl (C=O) groups excluding carboxylic acids is 1. The molecule has 2 atom stereocenters. The number of hydrogen-bond donors (Lipinski definition) is 0. The molecule has 4 heteroatoms. The summed E-state index contributed by atoms with van der Waals surface area (Å²) in [6.45, 7) is 10.5. The molecular weight excluding hydrogens is 312 g/mol. The number of rotatable bonds is 3. The predicted molar refractivity (Wildman–Crippen MR) is 97.2 cm³/mol. The number of aromatic nitrogens is 1. The van der Waals surface area contributed by atoms with Crippen LogP contribution < -0.4 is 4.74 Å². The topological polar surface area (TPSA) is 42.4 Å². The maximum Gasteiger partial charge on any atom is 0.232 e. The lowest BCUT2D eigenvalue weighted by Crippen LogP contribution is -2.49. The van der Waals surface area contributed by atoms with E-state index in [1.54, 1.807) is 12.4 Å². The van der Waals surface area contributed by atoms with Crippen molar-refractivity contribution >= 4 is 5.91 Å². The fraction of sp³-hybridized carbons (Fsp3) is 0.619. The van der Waals surface area contributed by atoms with Crippen molar-refractivity contribution < 1.29 is 9.53 Å². The van der Waals surface area contributed by atoms with E-state index in [9.17, 15) is 4.79 Å². The molecule has 1 aromatic rings. The van der Waals surface area contributed by atoms with Gasteiger partial charge in [-0.1, -0.05) is 26.0 Å². The molecule has 0 spiro atoms. The van der Waals surface area contributed by atoms with E-state index in [0.29, 0.717) is 11.8 Å². The highest BCUT2D eigenvalue weighted by atomic mass is 16.5. The molecule has 3 fully saturated rings. The van der Waals surface area contributed by atoms with Gasteiger partial charge < -0.3 is 9.64 Å². The minimum absolute atomic E-state index is 0.107. The monoisotopic (exact) mass is 340 g/mol. The first-order valence-electron chi connectivity index (χ1n) is 9.49. The number of piperidine rings is 1. The minimum atomic E-state index is -0.286. The summed E-state index contributed by atoms with van der Waals surface area (Å²) < 4.78 is 6.00. The molecule has 25 heavy (non-hydrogen) atoms. The van der Waals surface area contributed by atoms with E-state index in [-0.39, 0.29) is 16.9 Å². The molecule has 1 saturated heterocycles. The Bertz CT molecular complexity index is 676. The molecule has 2 aliphatic carbocycles. The lowest BCUT2D eigenvalue weighted by molar-refractivity contribution is -0.141. The van der Waals surface area contributed by atoms with Crippen LogP contribution in [0.3, 0.4) is 0 Å². The van der Waals surface area contributed by atoms with Crippen LogP contribution in [0.5, 0.6) is 5.75 Å². The standard InChI is InChI=1S/C21H28N2O2/c1-15-20(2,3)16-6-9-21(15,13-16)19(24)23-11-7-17(8-12-23)25-18-5-4-10-22-14-18/h4-5,10,14,16-17H,1,6-9,11-13H2,2-3H3. The molecule has 3 aliphatic rings. The van der Waals surface area contributed by atoms with Gasteiger partial charge in [-0.05, 0) is 42.7 Å². The van der Waals surface area contributed by atoms with Gasteiger partial charge in [0.05, 0.1) is 11.6 Å². The van der Waals surface area contributed by atoms with Crippen LogP contribution in [-0.2, 0) is 4.79 Å². The van der Waals surface area contributed by atoms with Gasteiger partial charge in [-0.3, -0.25) is 9.78 Å². The van der Waals surface area contributed by atoms with E-state index in [2.05, 4.69) is 30.3 Å². The number of nitrogens with zero attached hydrogens (tertiary/aromatic N) is 2. The first-order valence-corrected chi connectivity index (χ1v) is 9.49. The van der Waals surface area contributed by atoms with E-state index in [1.807, 2.05) is 12.1 Å². The first kappa shape index (κ1) is 16.6. The van der Waals surface area contributed by atoms with Gasteiger partial charge >= 0.3 is 0 Å². The Kier molecular flexibility index (Phi) is 3.89. The van der Waals surface area contributed by atoms with E-state index in [1.165, 1.54) is 12.0 Å². The molecule has 2 saturated carbocycles. The number of pyridine rings is 1. The maximum atomic E-state index is 13.4. The Morgan fingerprint density at radius 3 is 2.68 bits per heavy atom. The zero-order valence-corrected chi connectivity index (χ0v) is 15.3.